The van der Waals surface area contributed by atoms with E-state index in [0.29, 0.717) is 22.2 Å². The van der Waals surface area contributed by atoms with Gasteiger partial charge in [-0.2, -0.15) is 9.78 Å². The summed E-state index contributed by atoms with van der Waals surface area (Å²) in [6.45, 7) is 3.91. The second-order valence-corrected chi connectivity index (χ2v) is 6.79. The van der Waals surface area contributed by atoms with Gasteiger partial charge in [-0.15, -0.1) is 0 Å². The Morgan fingerprint density at radius 2 is 1.78 bits per heavy atom. The molecule has 0 unspecified atom stereocenters. The van der Waals surface area contributed by atoms with Gasteiger partial charge >= 0.3 is 0 Å². The topological polar surface area (TPSA) is 59.8 Å². The highest BCUT2D eigenvalue weighted by atomic mass is 35.5. The minimum Gasteiger partial charge on any atom is -0.306 e. The molecule has 27 heavy (non-hydrogen) atoms. The maximum atomic E-state index is 12.6. The van der Waals surface area contributed by atoms with E-state index in [1.807, 2.05) is 50.2 Å². The van der Waals surface area contributed by atoms with Crippen LogP contribution >= 0.6 is 11.6 Å². The molecule has 2 aromatic heterocycles. The fourth-order valence-electron chi connectivity index (χ4n) is 2.99. The molecule has 1 amide bonds. The summed E-state index contributed by atoms with van der Waals surface area (Å²) < 4.78 is 1.66. The van der Waals surface area contributed by atoms with Crippen molar-refractivity contribution in [2.75, 3.05) is 5.32 Å². The van der Waals surface area contributed by atoms with E-state index in [0.717, 1.165) is 22.2 Å². The number of nitrogens with one attached hydrogen (secondary N) is 1. The van der Waals surface area contributed by atoms with Crippen LogP contribution in [0.3, 0.4) is 0 Å². The number of benzene rings is 2. The van der Waals surface area contributed by atoms with Gasteiger partial charge in [0.25, 0.3) is 5.91 Å². The van der Waals surface area contributed by atoms with Gasteiger partial charge in [-0.05, 0) is 55.8 Å². The molecule has 4 aromatic rings. The van der Waals surface area contributed by atoms with E-state index >= 15 is 0 Å². The molecule has 2 heterocycles. The number of fused-ring (bicyclic) bond motifs is 1. The van der Waals surface area contributed by atoms with Crippen LogP contribution in [0, 0.1) is 13.8 Å². The number of para-hydroxylation sites is 1. The quantitative estimate of drug-likeness (QED) is 0.550. The molecular weight excluding hydrogens is 360 g/mol. The van der Waals surface area contributed by atoms with Crippen LogP contribution in [-0.2, 0) is 0 Å². The summed E-state index contributed by atoms with van der Waals surface area (Å²) >= 11 is 5.89. The van der Waals surface area contributed by atoms with Crippen molar-refractivity contribution in [1.29, 1.82) is 0 Å². The van der Waals surface area contributed by atoms with Crippen LogP contribution < -0.4 is 5.32 Å². The molecule has 0 radical (unpaired) electrons. The molecule has 0 saturated carbocycles. The van der Waals surface area contributed by atoms with E-state index in [1.54, 1.807) is 28.9 Å². The first-order valence-corrected chi connectivity index (χ1v) is 8.89. The lowest BCUT2D eigenvalue weighted by Crippen LogP contribution is -2.15. The van der Waals surface area contributed by atoms with E-state index in [-0.39, 0.29) is 5.91 Å². The van der Waals surface area contributed by atoms with Crippen LogP contribution in [0.15, 0.2) is 60.7 Å². The summed E-state index contributed by atoms with van der Waals surface area (Å²) in [5.41, 5.74) is 3.29. The van der Waals surface area contributed by atoms with Crippen LogP contribution in [0.4, 0.5) is 5.82 Å². The normalized spacial score (nSPS) is 10.9. The molecule has 0 saturated heterocycles. The fraction of sp³-hybridized carbons (Fsp3) is 0.0952. The maximum Gasteiger partial charge on any atom is 0.256 e. The zero-order chi connectivity index (χ0) is 19.0. The number of aryl methyl sites for hydroxylation is 2. The van der Waals surface area contributed by atoms with Gasteiger partial charge in [0.1, 0.15) is 5.82 Å². The Morgan fingerprint density at radius 1 is 1.04 bits per heavy atom. The standard InChI is InChI=1S/C21H17ClN4O/c1-13-11-19(23-18-6-4-3-5-17(13)18)26-20(12-14(2)25-26)24-21(27)15-7-9-16(22)10-8-15/h3-12H,1-2H3,(H,24,27). The highest BCUT2D eigenvalue weighted by Crippen LogP contribution is 2.23. The van der Waals surface area contributed by atoms with Crippen molar-refractivity contribution in [3.63, 3.8) is 0 Å². The lowest BCUT2D eigenvalue weighted by Gasteiger charge is -2.10. The van der Waals surface area contributed by atoms with Crippen LogP contribution in [0.2, 0.25) is 5.02 Å². The van der Waals surface area contributed by atoms with Crippen molar-refractivity contribution < 1.29 is 4.79 Å². The molecule has 2 aromatic carbocycles. The molecule has 6 heteroatoms. The molecule has 4 rings (SSSR count). The number of hydrogen-bond donors (Lipinski definition) is 1. The minimum atomic E-state index is -0.231. The third kappa shape index (κ3) is 3.41. The summed E-state index contributed by atoms with van der Waals surface area (Å²) in [6, 6.07) is 18.5. The number of pyridine rings is 1. The fourth-order valence-corrected chi connectivity index (χ4v) is 3.12. The number of halogens is 1. The summed E-state index contributed by atoms with van der Waals surface area (Å²) in [4.78, 5) is 17.3. The lowest BCUT2D eigenvalue weighted by atomic mass is 10.1. The van der Waals surface area contributed by atoms with Crippen molar-refractivity contribution in [2.45, 2.75) is 13.8 Å². The smallest absolute Gasteiger partial charge is 0.256 e. The number of carbonyl (C=O) groups excluding carboxylic acids is 1. The summed E-state index contributed by atoms with van der Waals surface area (Å²) in [7, 11) is 0. The Hall–Kier alpha value is -3.18. The Bertz CT molecular complexity index is 1150. The van der Waals surface area contributed by atoms with Crippen LogP contribution in [0.1, 0.15) is 21.6 Å². The Labute approximate surface area is 161 Å². The molecule has 0 fully saturated rings. The van der Waals surface area contributed by atoms with E-state index in [4.69, 9.17) is 16.6 Å². The molecule has 134 valence electrons. The molecule has 1 N–H and O–H groups in total. The van der Waals surface area contributed by atoms with Crippen molar-refractivity contribution in [2.24, 2.45) is 0 Å². The van der Waals surface area contributed by atoms with Gasteiger partial charge in [0, 0.05) is 22.0 Å². The average molecular weight is 377 g/mol. The van der Waals surface area contributed by atoms with Crippen LogP contribution in [0.25, 0.3) is 16.7 Å². The van der Waals surface area contributed by atoms with Gasteiger partial charge in [0.2, 0.25) is 0 Å². The second kappa shape index (κ2) is 6.85. The minimum absolute atomic E-state index is 0.231. The third-order valence-corrected chi connectivity index (χ3v) is 4.56. The first-order chi connectivity index (χ1) is 13.0. The number of nitrogens with zero attached hydrogens (tertiary/aromatic N) is 3. The van der Waals surface area contributed by atoms with Crippen molar-refractivity contribution in [1.82, 2.24) is 14.8 Å². The molecule has 0 aliphatic carbocycles. The largest absolute Gasteiger partial charge is 0.306 e. The first kappa shape index (κ1) is 17.2. The van der Waals surface area contributed by atoms with E-state index < -0.39 is 0 Å². The van der Waals surface area contributed by atoms with Crippen molar-refractivity contribution >= 4 is 34.2 Å². The van der Waals surface area contributed by atoms with Gasteiger partial charge in [-0.1, -0.05) is 29.8 Å². The molecule has 0 bridgehead atoms. The Balaban J connectivity index is 1.73. The van der Waals surface area contributed by atoms with E-state index in [2.05, 4.69) is 10.4 Å². The predicted octanol–water partition coefficient (Wildman–Crippen LogP) is 4.94. The average Bonchev–Trinajstić information content (AvgIpc) is 3.02. The molecule has 0 atom stereocenters. The Kier molecular flexibility index (Phi) is 4.38. The van der Waals surface area contributed by atoms with Crippen LogP contribution in [0.5, 0.6) is 0 Å². The second-order valence-electron chi connectivity index (χ2n) is 6.36. The van der Waals surface area contributed by atoms with Crippen molar-refractivity contribution in [3.05, 3.63) is 82.5 Å². The van der Waals surface area contributed by atoms with E-state index in [1.165, 1.54) is 0 Å². The Morgan fingerprint density at radius 3 is 2.56 bits per heavy atom. The zero-order valence-electron chi connectivity index (χ0n) is 14.9. The highest BCUT2D eigenvalue weighted by molar-refractivity contribution is 6.30. The van der Waals surface area contributed by atoms with Crippen molar-refractivity contribution in [3.8, 4) is 5.82 Å². The van der Waals surface area contributed by atoms with Gasteiger partial charge in [-0.25, -0.2) is 4.98 Å². The van der Waals surface area contributed by atoms with Gasteiger partial charge in [0.15, 0.2) is 5.82 Å². The highest BCUT2D eigenvalue weighted by Gasteiger charge is 2.14. The number of aromatic nitrogens is 3. The van der Waals surface area contributed by atoms with E-state index in [9.17, 15) is 4.79 Å². The molecular formula is C21H17ClN4O. The molecule has 0 spiro atoms. The summed E-state index contributed by atoms with van der Waals surface area (Å²) in [6.07, 6.45) is 0. The molecule has 0 aliphatic rings. The number of hydrogen-bond acceptors (Lipinski definition) is 3. The summed E-state index contributed by atoms with van der Waals surface area (Å²) in [5, 5.41) is 9.10. The maximum absolute atomic E-state index is 12.6. The number of carbonyl (C=O) groups is 1. The lowest BCUT2D eigenvalue weighted by molar-refractivity contribution is 0.102. The SMILES string of the molecule is Cc1cc(NC(=O)c2ccc(Cl)cc2)n(-c2cc(C)c3ccccc3n2)n1. The molecule has 0 aliphatic heterocycles. The zero-order valence-corrected chi connectivity index (χ0v) is 15.7. The third-order valence-electron chi connectivity index (χ3n) is 4.31. The monoisotopic (exact) mass is 376 g/mol. The number of amides is 1. The van der Waals surface area contributed by atoms with Crippen LogP contribution in [-0.4, -0.2) is 20.7 Å². The first-order valence-electron chi connectivity index (χ1n) is 8.51. The number of rotatable bonds is 3. The van der Waals surface area contributed by atoms with Gasteiger partial charge in [0.05, 0.1) is 11.2 Å². The summed E-state index contributed by atoms with van der Waals surface area (Å²) in [5.74, 6) is 0.991. The van der Waals surface area contributed by atoms with Gasteiger partial charge < -0.3 is 5.32 Å². The number of anilines is 1. The van der Waals surface area contributed by atoms with Gasteiger partial charge in [-0.3, -0.25) is 4.79 Å². The predicted molar refractivity (Wildman–Crippen MR) is 108 cm³/mol. The molecule has 5 nitrogen and oxygen atoms in total.